The molecule has 5 nitrogen and oxygen atoms in total. The first-order chi connectivity index (χ1) is 18.9. The van der Waals surface area contributed by atoms with Crippen LogP contribution in [-0.4, -0.2) is 41.7 Å². The van der Waals surface area contributed by atoms with Gasteiger partial charge in [0.2, 0.25) is 0 Å². The van der Waals surface area contributed by atoms with Crippen molar-refractivity contribution in [3.63, 3.8) is 0 Å². The number of terminal acetylenes is 1. The summed E-state index contributed by atoms with van der Waals surface area (Å²) in [5, 5.41) is 22.9. The maximum Gasteiger partial charge on any atom is 0.142 e. The molecule has 5 rings (SSSR count). The minimum absolute atomic E-state index is 0. The molecule has 0 amide bonds. The van der Waals surface area contributed by atoms with Gasteiger partial charge in [-0.3, -0.25) is 0 Å². The highest BCUT2D eigenvalue weighted by Gasteiger charge is 2.64. The van der Waals surface area contributed by atoms with Crippen LogP contribution in [0, 0.1) is 46.8 Å². The Balaban J connectivity index is 0.00000151. The third-order valence-electron chi connectivity index (χ3n) is 10.6. The van der Waals surface area contributed by atoms with Crippen molar-refractivity contribution in [1.82, 2.24) is 5.01 Å². The molecule has 7 atom stereocenters. The maximum absolute atomic E-state index is 11.8. The number of aliphatic hydroxyl groups excluding tert-OH is 1. The SMILES string of the molecule is C#C.C/C(C[C@@]1(C)CCC2C3CCC4=C/C(=N/OCc5cccc(Br)c5)C=CC4(C)C3C(O)CC21C)=N\N(C)C.[HH]. The van der Waals surface area contributed by atoms with Gasteiger partial charge >= 0.3 is 0 Å². The number of fused-ring (bicyclic) bond motifs is 5. The van der Waals surface area contributed by atoms with Crippen molar-refractivity contribution in [2.75, 3.05) is 14.1 Å². The number of aliphatic hydroxyl groups is 1. The smallest absolute Gasteiger partial charge is 0.142 e. The topological polar surface area (TPSA) is 57.4 Å². The van der Waals surface area contributed by atoms with Crippen LogP contribution in [0.25, 0.3) is 0 Å². The fourth-order valence-electron chi connectivity index (χ4n) is 8.77. The Labute approximate surface area is 251 Å². The monoisotopic (exact) mass is 609 g/mol. The second kappa shape index (κ2) is 11.9. The molecule has 1 aromatic carbocycles. The lowest BCUT2D eigenvalue weighted by Crippen LogP contribution is -2.57. The second-order valence-electron chi connectivity index (χ2n) is 13.2. The molecule has 4 aliphatic carbocycles. The third kappa shape index (κ3) is 5.57. The summed E-state index contributed by atoms with van der Waals surface area (Å²) in [5.74, 6) is 1.43. The van der Waals surface area contributed by atoms with Gasteiger partial charge in [0.05, 0.1) is 6.10 Å². The third-order valence-corrected chi connectivity index (χ3v) is 11.1. The Morgan fingerprint density at radius 3 is 2.67 bits per heavy atom. The van der Waals surface area contributed by atoms with E-state index in [9.17, 15) is 5.11 Å². The number of benzene rings is 1. The van der Waals surface area contributed by atoms with Crippen molar-refractivity contribution in [3.8, 4) is 12.8 Å². The van der Waals surface area contributed by atoms with Gasteiger partial charge in [0, 0.05) is 37.0 Å². The summed E-state index contributed by atoms with van der Waals surface area (Å²) in [7, 11) is 3.99. The van der Waals surface area contributed by atoms with Gasteiger partial charge in [-0.15, -0.1) is 12.8 Å². The lowest BCUT2D eigenvalue weighted by atomic mass is 9.45. The van der Waals surface area contributed by atoms with Crippen LogP contribution in [0.15, 0.2) is 62.8 Å². The predicted octanol–water partition coefficient (Wildman–Crippen LogP) is 7.86. The summed E-state index contributed by atoms with van der Waals surface area (Å²) in [6.45, 7) is 9.89. The fraction of sp³-hybridized carbons (Fsp3) is 0.588. The maximum atomic E-state index is 11.8. The quantitative estimate of drug-likeness (QED) is 0.203. The van der Waals surface area contributed by atoms with Gasteiger partial charge in [0.25, 0.3) is 0 Å². The zero-order valence-corrected chi connectivity index (χ0v) is 26.6. The van der Waals surface area contributed by atoms with Crippen LogP contribution in [0.3, 0.4) is 0 Å². The molecule has 0 spiro atoms. The van der Waals surface area contributed by atoms with Gasteiger partial charge in [-0.05, 0) is 98.0 Å². The summed E-state index contributed by atoms with van der Waals surface area (Å²) >= 11 is 3.51. The van der Waals surface area contributed by atoms with E-state index in [-0.39, 0.29) is 29.7 Å². The lowest BCUT2D eigenvalue weighted by molar-refractivity contribution is -0.130. The van der Waals surface area contributed by atoms with E-state index in [4.69, 9.17) is 9.94 Å². The fourth-order valence-corrected chi connectivity index (χ4v) is 9.21. The van der Waals surface area contributed by atoms with E-state index in [0.29, 0.717) is 18.4 Å². The minimum Gasteiger partial charge on any atom is -0.393 e. The molecule has 3 saturated carbocycles. The summed E-state index contributed by atoms with van der Waals surface area (Å²) in [4.78, 5) is 5.71. The summed E-state index contributed by atoms with van der Waals surface area (Å²) in [5.41, 5.74) is 4.70. The first kappa shape index (κ1) is 30.6. The number of oxime groups is 1. The summed E-state index contributed by atoms with van der Waals surface area (Å²) in [6, 6.07) is 8.11. The van der Waals surface area contributed by atoms with Gasteiger partial charge in [-0.2, -0.15) is 5.10 Å². The highest BCUT2D eigenvalue weighted by atomic mass is 79.9. The van der Waals surface area contributed by atoms with Crippen LogP contribution in [0.4, 0.5) is 0 Å². The number of allylic oxidation sites excluding steroid dienone is 4. The number of hydrogen-bond acceptors (Lipinski definition) is 5. The number of hydrogen-bond donors (Lipinski definition) is 1. The van der Waals surface area contributed by atoms with Crippen molar-refractivity contribution in [3.05, 3.63) is 58.1 Å². The summed E-state index contributed by atoms with van der Waals surface area (Å²) in [6.07, 6.45) is 20.9. The van der Waals surface area contributed by atoms with Gasteiger partial charge in [0.15, 0.2) is 0 Å². The van der Waals surface area contributed by atoms with E-state index in [2.05, 4.69) is 85.9 Å². The molecule has 4 aliphatic rings. The second-order valence-corrected chi connectivity index (χ2v) is 14.1. The van der Waals surface area contributed by atoms with Crippen molar-refractivity contribution in [2.45, 2.75) is 78.9 Å². The Morgan fingerprint density at radius 1 is 1.23 bits per heavy atom. The Hall–Kier alpha value is -2.36. The van der Waals surface area contributed by atoms with Crippen LogP contribution in [0.2, 0.25) is 0 Å². The van der Waals surface area contributed by atoms with Gasteiger partial charge in [-0.25, -0.2) is 0 Å². The lowest BCUT2D eigenvalue weighted by Gasteiger charge is -2.60. The number of halogens is 1. The van der Waals surface area contributed by atoms with E-state index >= 15 is 0 Å². The molecule has 1 N–H and O–H groups in total. The molecule has 0 saturated heterocycles. The van der Waals surface area contributed by atoms with E-state index < -0.39 is 0 Å². The van der Waals surface area contributed by atoms with Crippen molar-refractivity contribution in [2.24, 2.45) is 44.3 Å². The van der Waals surface area contributed by atoms with Gasteiger partial charge in [-0.1, -0.05) is 65.6 Å². The molecule has 0 bridgehead atoms. The van der Waals surface area contributed by atoms with Crippen molar-refractivity contribution in [1.29, 1.82) is 0 Å². The van der Waals surface area contributed by atoms with E-state index in [0.717, 1.165) is 41.4 Å². The Kier molecular flexibility index (Phi) is 9.07. The van der Waals surface area contributed by atoms with Crippen LogP contribution < -0.4 is 0 Å². The first-order valence-corrected chi connectivity index (χ1v) is 15.3. The van der Waals surface area contributed by atoms with Crippen molar-refractivity contribution >= 4 is 27.4 Å². The Morgan fingerprint density at radius 2 is 1.98 bits per heavy atom. The molecule has 218 valence electrons. The number of rotatable bonds is 6. The van der Waals surface area contributed by atoms with Crippen molar-refractivity contribution < 1.29 is 11.4 Å². The van der Waals surface area contributed by atoms with E-state index in [1.54, 1.807) is 0 Å². The molecule has 6 unspecified atom stereocenters. The standard InChI is InChI=1S/C32H44BrN3O2.C2H2.H2/c1-21(34-36(5)6)18-30(2)14-13-27-26-11-10-23-17-25(35-38-20-22-8-7-9-24(33)16-22)12-15-31(23,3)29(26)28(37)19-32(27,30)4;1-2;/h7-9,12,15-17,26-29,37H,10-11,13-14,18-20H2,1-6H3;1-2H;1H/b34-21+,35-25+;;/t26?,27?,28?,29?,30-,31?,32?;;/m1../s1. The molecular weight excluding hydrogens is 562 g/mol. The van der Waals surface area contributed by atoms with Crippen LogP contribution in [0.5, 0.6) is 0 Å². The molecule has 3 fully saturated rings. The zero-order chi connectivity index (χ0) is 29.3. The molecule has 1 aromatic rings. The molecule has 0 aromatic heterocycles. The molecule has 0 radical (unpaired) electrons. The Bertz CT molecular complexity index is 1240. The van der Waals surface area contributed by atoms with Crippen LogP contribution in [0.1, 0.15) is 73.2 Å². The van der Waals surface area contributed by atoms with Crippen LogP contribution >= 0.6 is 15.9 Å². The number of hydrazone groups is 1. The molecule has 0 aliphatic heterocycles. The predicted molar refractivity (Wildman–Crippen MR) is 171 cm³/mol. The molecule has 6 heteroatoms. The minimum atomic E-state index is -0.311. The normalized spacial score (nSPS) is 37.4. The number of nitrogens with zero attached hydrogens (tertiary/aromatic N) is 3. The van der Waals surface area contributed by atoms with E-state index in [1.165, 1.54) is 24.1 Å². The summed E-state index contributed by atoms with van der Waals surface area (Å²) < 4.78 is 1.04. The van der Waals surface area contributed by atoms with E-state index in [1.807, 2.05) is 37.3 Å². The van der Waals surface area contributed by atoms with Crippen LogP contribution in [-0.2, 0) is 11.4 Å². The highest BCUT2D eigenvalue weighted by molar-refractivity contribution is 9.10. The van der Waals surface area contributed by atoms with Gasteiger partial charge in [0.1, 0.15) is 12.3 Å². The molecule has 40 heavy (non-hydrogen) atoms. The first-order valence-electron chi connectivity index (χ1n) is 14.5. The average molecular weight is 611 g/mol. The molecule has 0 heterocycles. The zero-order valence-electron chi connectivity index (χ0n) is 25.0. The van der Waals surface area contributed by atoms with Gasteiger partial charge < -0.3 is 15.0 Å². The molecular formula is C34H48BrN3O2. The largest absolute Gasteiger partial charge is 0.393 e. The highest BCUT2D eigenvalue weighted by Crippen LogP contribution is 2.70. The average Bonchev–Trinajstić information content (AvgIpc) is 3.14.